The summed E-state index contributed by atoms with van der Waals surface area (Å²) in [5.74, 6) is 0. The summed E-state index contributed by atoms with van der Waals surface area (Å²) in [6, 6.07) is 3.83. The molecule has 2 heterocycles. The van der Waals surface area contributed by atoms with E-state index in [0.717, 1.165) is 16.2 Å². The fraction of sp³-hybridized carbons (Fsp3) is 0.300. The Kier molecular flexibility index (Phi) is 3.32. The van der Waals surface area contributed by atoms with E-state index < -0.39 is 0 Å². The summed E-state index contributed by atoms with van der Waals surface area (Å²) in [6.07, 6.45) is 3.60. The summed E-state index contributed by atoms with van der Waals surface area (Å²) in [4.78, 5) is 4.14. The molecular weight excluding hydrogens is 184 g/mol. The average molecular weight is 197 g/mol. The van der Waals surface area contributed by atoms with Gasteiger partial charge in [-0.15, -0.1) is 0 Å². The van der Waals surface area contributed by atoms with E-state index in [1.54, 1.807) is 6.33 Å². The van der Waals surface area contributed by atoms with Gasteiger partial charge in [-0.1, -0.05) is 25.4 Å². The van der Waals surface area contributed by atoms with Crippen molar-refractivity contribution in [3.05, 3.63) is 35.4 Å². The van der Waals surface area contributed by atoms with Crippen LogP contribution in [-0.4, -0.2) is 9.38 Å². The lowest BCUT2D eigenvalue weighted by atomic mass is 10.3. The number of aromatic nitrogens is 2. The third-order valence-electron chi connectivity index (χ3n) is 1.69. The molecule has 3 heteroatoms. The minimum Gasteiger partial charge on any atom is -0.305 e. The molecule has 0 aliphatic heterocycles. The van der Waals surface area contributed by atoms with Crippen LogP contribution in [-0.2, 0) is 0 Å². The highest BCUT2D eigenvalue weighted by atomic mass is 35.5. The fourth-order valence-electron chi connectivity index (χ4n) is 1.11. The fourth-order valence-corrected chi connectivity index (χ4v) is 1.28. The number of rotatable bonds is 0. The van der Waals surface area contributed by atoms with Crippen LogP contribution in [0.3, 0.4) is 0 Å². The summed E-state index contributed by atoms with van der Waals surface area (Å²) in [5.41, 5.74) is 2.14. The van der Waals surface area contributed by atoms with Crippen molar-refractivity contribution in [3.8, 4) is 0 Å². The molecule has 0 bridgehead atoms. The number of pyridine rings is 1. The Morgan fingerprint density at radius 2 is 2.00 bits per heavy atom. The Morgan fingerprint density at radius 3 is 2.69 bits per heavy atom. The molecule has 0 aromatic carbocycles. The molecular formula is C10H13ClN2. The van der Waals surface area contributed by atoms with E-state index >= 15 is 0 Å². The zero-order chi connectivity index (χ0) is 9.84. The lowest BCUT2D eigenvalue weighted by Gasteiger charge is -1.93. The maximum atomic E-state index is 5.78. The number of imidazole rings is 1. The van der Waals surface area contributed by atoms with Gasteiger partial charge in [0.15, 0.2) is 0 Å². The molecule has 0 saturated carbocycles. The van der Waals surface area contributed by atoms with Gasteiger partial charge in [-0.2, -0.15) is 0 Å². The SMILES string of the molecule is CC.Cc1ncn2cc(Cl)ccc12. The van der Waals surface area contributed by atoms with Gasteiger partial charge in [-0.3, -0.25) is 0 Å². The molecule has 0 radical (unpaired) electrons. The second kappa shape index (κ2) is 4.28. The van der Waals surface area contributed by atoms with Crippen molar-refractivity contribution in [1.82, 2.24) is 9.38 Å². The first-order valence-corrected chi connectivity index (χ1v) is 4.74. The van der Waals surface area contributed by atoms with Gasteiger partial charge in [0, 0.05) is 6.20 Å². The van der Waals surface area contributed by atoms with Gasteiger partial charge in [0.25, 0.3) is 0 Å². The summed E-state index contributed by atoms with van der Waals surface area (Å²) < 4.78 is 1.91. The van der Waals surface area contributed by atoms with Crippen molar-refractivity contribution in [3.63, 3.8) is 0 Å². The van der Waals surface area contributed by atoms with Crippen LogP contribution < -0.4 is 0 Å². The van der Waals surface area contributed by atoms with Gasteiger partial charge in [-0.25, -0.2) is 4.98 Å². The molecule has 0 atom stereocenters. The second-order valence-corrected chi connectivity index (χ2v) is 2.91. The molecule has 2 nitrogen and oxygen atoms in total. The highest BCUT2D eigenvalue weighted by molar-refractivity contribution is 6.30. The Bertz CT molecular complexity index is 393. The van der Waals surface area contributed by atoms with Crippen molar-refractivity contribution < 1.29 is 0 Å². The highest BCUT2D eigenvalue weighted by Crippen LogP contribution is 2.13. The largest absolute Gasteiger partial charge is 0.305 e. The first-order valence-electron chi connectivity index (χ1n) is 4.36. The summed E-state index contributed by atoms with van der Waals surface area (Å²) in [6.45, 7) is 5.98. The van der Waals surface area contributed by atoms with Crippen molar-refractivity contribution in [1.29, 1.82) is 0 Å². The molecule has 0 unspecified atom stereocenters. The van der Waals surface area contributed by atoms with Gasteiger partial charge >= 0.3 is 0 Å². The van der Waals surface area contributed by atoms with Crippen molar-refractivity contribution in [2.45, 2.75) is 20.8 Å². The summed E-state index contributed by atoms with van der Waals surface area (Å²) >= 11 is 5.78. The maximum absolute atomic E-state index is 5.78. The lowest BCUT2D eigenvalue weighted by Crippen LogP contribution is -1.80. The summed E-state index contributed by atoms with van der Waals surface area (Å²) in [7, 11) is 0. The van der Waals surface area contributed by atoms with Gasteiger partial charge in [-0.05, 0) is 19.1 Å². The molecule has 0 amide bonds. The van der Waals surface area contributed by atoms with Crippen molar-refractivity contribution >= 4 is 17.1 Å². The van der Waals surface area contributed by atoms with Crippen LogP contribution in [0.1, 0.15) is 19.5 Å². The molecule has 2 aromatic heterocycles. The monoisotopic (exact) mass is 196 g/mol. The zero-order valence-electron chi connectivity index (χ0n) is 8.08. The van der Waals surface area contributed by atoms with E-state index in [0.29, 0.717) is 0 Å². The van der Waals surface area contributed by atoms with Gasteiger partial charge in [0.2, 0.25) is 0 Å². The molecule has 0 aliphatic carbocycles. The molecule has 0 spiro atoms. The number of hydrogen-bond donors (Lipinski definition) is 0. The smallest absolute Gasteiger partial charge is 0.0995 e. The Hall–Kier alpha value is -1.02. The molecule has 13 heavy (non-hydrogen) atoms. The third-order valence-corrected chi connectivity index (χ3v) is 1.91. The molecule has 0 aliphatic rings. The Balaban J connectivity index is 0.000000396. The van der Waals surface area contributed by atoms with E-state index in [4.69, 9.17) is 11.6 Å². The molecule has 0 N–H and O–H groups in total. The molecule has 0 saturated heterocycles. The quantitative estimate of drug-likeness (QED) is 0.632. The molecule has 70 valence electrons. The predicted octanol–water partition coefficient (Wildman–Crippen LogP) is 3.32. The first kappa shape index (κ1) is 10.1. The van der Waals surface area contributed by atoms with Crippen LogP contribution in [0.25, 0.3) is 5.52 Å². The molecule has 0 fully saturated rings. The maximum Gasteiger partial charge on any atom is 0.0995 e. The van der Waals surface area contributed by atoms with Crippen LogP contribution in [0.2, 0.25) is 5.02 Å². The van der Waals surface area contributed by atoms with E-state index in [9.17, 15) is 0 Å². The molecule has 2 aromatic rings. The number of halogens is 1. The van der Waals surface area contributed by atoms with E-state index in [1.807, 2.05) is 43.5 Å². The van der Waals surface area contributed by atoms with Crippen LogP contribution >= 0.6 is 11.6 Å². The topological polar surface area (TPSA) is 17.3 Å². The predicted molar refractivity (Wildman–Crippen MR) is 56.3 cm³/mol. The first-order chi connectivity index (χ1) is 6.27. The normalized spacial score (nSPS) is 9.54. The van der Waals surface area contributed by atoms with E-state index in [2.05, 4.69) is 4.98 Å². The van der Waals surface area contributed by atoms with Gasteiger partial charge in [0.05, 0.1) is 22.6 Å². The van der Waals surface area contributed by atoms with Crippen LogP contribution in [0, 0.1) is 6.92 Å². The van der Waals surface area contributed by atoms with Crippen LogP contribution in [0.15, 0.2) is 24.7 Å². The van der Waals surface area contributed by atoms with Crippen molar-refractivity contribution in [2.75, 3.05) is 0 Å². The third kappa shape index (κ3) is 2.01. The second-order valence-electron chi connectivity index (χ2n) is 2.47. The van der Waals surface area contributed by atoms with Gasteiger partial charge < -0.3 is 4.40 Å². The zero-order valence-corrected chi connectivity index (χ0v) is 8.84. The van der Waals surface area contributed by atoms with Crippen molar-refractivity contribution in [2.24, 2.45) is 0 Å². The minimum atomic E-state index is 0.731. The lowest BCUT2D eigenvalue weighted by molar-refractivity contribution is 1.15. The summed E-state index contributed by atoms with van der Waals surface area (Å²) in [5, 5.41) is 0.731. The average Bonchev–Trinajstić information content (AvgIpc) is 2.51. The van der Waals surface area contributed by atoms with E-state index in [1.165, 1.54) is 0 Å². The van der Waals surface area contributed by atoms with Gasteiger partial charge in [0.1, 0.15) is 0 Å². The number of hydrogen-bond acceptors (Lipinski definition) is 1. The minimum absolute atomic E-state index is 0.731. The number of nitrogens with zero attached hydrogens (tertiary/aromatic N) is 2. The van der Waals surface area contributed by atoms with E-state index in [-0.39, 0.29) is 0 Å². The number of fused-ring (bicyclic) bond motifs is 1. The standard InChI is InChI=1S/C8H7ClN2.C2H6/c1-6-8-3-2-7(9)4-11(8)5-10-6;1-2/h2-5H,1H3;1-2H3. The van der Waals surface area contributed by atoms with Crippen LogP contribution in [0.5, 0.6) is 0 Å². The van der Waals surface area contributed by atoms with Crippen LogP contribution in [0.4, 0.5) is 0 Å². The molecule has 2 rings (SSSR count). The number of aryl methyl sites for hydroxylation is 1. The Morgan fingerprint density at radius 1 is 1.31 bits per heavy atom. The Labute approximate surface area is 83.2 Å². The highest BCUT2D eigenvalue weighted by Gasteiger charge is 1.97.